The molecular weight excluding hydrogens is 489 g/mol. The highest BCUT2D eigenvalue weighted by molar-refractivity contribution is 6.05. The zero-order valence-corrected chi connectivity index (χ0v) is 20.3. The number of amides is 2. The van der Waals surface area contributed by atoms with Gasteiger partial charge in [0.25, 0.3) is 5.91 Å². The summed E-state index contributed by atoms with van der Waals surface area (Å²) in [7, 11) is 2.02. The van der Waals surface area contributed by atoms with Crippen molar-refractivity contribution in [3.8, 4) is 5.75 Å². The van der Waals surface area contributed by atoms with E-state index in [1.54, 1.807) is 23.0 Å². The molecule has 0 bridgehead atoms. The predicted octanol–water partition coefficient (Wildman–Crippen LogP) is 3.27. The van der Waals surface area contributed by atoms with Crippen molar-refractivity contribution in [3.63, 3.8) is 0 Å². The molecule has 196 valence electrons. The number of fused-ring (bicyclic) bond motifs is 1. The highest BCUT2D eigenvalue weighted by Crippen LogP contribution is 2.34. The van der Waals surface area contributed by atoms with E-state index in [-0.39, 0.29) is 18.1 Å². The third-order valence-corrected chi connectivity index (χ3v) is 6.50. The van der Waals surface area contributed by atoms with Gasteiger partial charge < -0.3 is 19.9 Å². The molecule has 3 heterocycles. The Hall–Kier alpha value is -3.67. The SMILES string of the molecule is CN1CCN(C(=O)Cn2cc3cc(NC(=O)c4cccc(C(F)(F)F)n4)c(OCC4CC4)cc3n2)CC1. The molecule has 1 aliphatic heterocycles. The number of nitrogens with zero attached hydrogens (tertiary/aromatic N) is 5. The second kappa shape index (κ2) is 10.0. The first-order chi connectivity index (χ1) is 17.7. The van der Waals surface area contributed by atoms with E-state index in [0.29, 0.717) is 48.0 Å². The summed E-state index contributed by atoms with van der Waals surface area (Å²) in [4.78, 5) is 33.0. The highest BCUT2D eigenvalue weighted by atomic mass is 19.4. The molecule has 0 radical (unpaired) electrons. The first kappa shape index (κ1) is 25.0. The Balaban J connectivity index is 1.37. The van der Waals surface area contributed by atoms with Gasteiger partial charge in [0.15, 0.2) is 0 Å². The van der Waals surface area contributed by atoms with Crippen molar-refractivity contribution in [1.29, 1.82) is 0 Å². The number of alkyl halides is 3. The van der Waals surface area contributed by atoms with Gasteiger partial charge in [-0.15, -0.1) is 0 Å². The second-order valence-electron chi connectivity index (χ2n) is 9.53. The average Bonchev–Trinajstić information content (AvgIpc) is 3.61. The standard InChI is InChI=1S/C25H27F3N6O3/c1-32-7-9-33(10-8-32)23(35)14-34-13-17-11-20(21(12-19(17)31-34)37-15-16-5-6-16)30-24(36)18-3-2-4-22(29-18)25(26,27)28/h2-4,11-13,16H,5-10,14-15H2,1H3,(H,30,36). The predicted molar refractivity (Wildman–Crippen MR) is 129 cm³/mol. The third-order valence-electron chi connectivity index (χ3n) is 6.50. The summed E-state index contributed by atoms with van der Waals surface area (Å²) in [6.45, 7) is 3.49. The van der Waals surface area contributed by atoms with Gasteiger partial charge in [-0.05, 0) is 44.0 Å². The maximum Gasteiger partial charge on any atom is 0.433 e. The van der Waals surface area contributed by atoms with Crippen molar-refractivity contribution in [2.75, 3.05) is 45.2 Å². The van der Waals surface area contributed by atoms with Crippen LogP contribution in [0.5, 0.6) is 5.75 Å². The molecule has 1 aliphatic carbocycles. The number of aromatic nitrogens is 3. The van der Waals surface area contributed by atoms with Gasteiger partial charge in [-0.1, -0.05) is 6.07 Å². The Morgan fingerprint density at radius 1 is 1.14 bits per heavy atom. The first-order valence-corrected chi connectivity index (χ1v) is 12.1. The number of ether oxygens (including phenoxy) is 1. The molecule has 9 nitrogen and oxygen atoms in total. The zero-order valence-electron chi connectivity index (χ0n) is 20.3. The van der Waals surface area contributed by atoms with Crippen molar-refractivity contribution in [2.45, 2.75) is 25.6 Å². The van der Waals surface area contributed by atoms with Crippen LogP contribution in [0.3, 0.4) is 0 Å². The van der Waals surface area contributed by atoms with Crippen LogP contribution in [0, 0.1) is 5.92 Å². The molecule has 1 aromatic carbocycles. The summed E-state index contributed by atoms with van der Waals surface area (Å²) < 4.78 is 46.7. The van der Waals surface area contributed by atoms with Crippen LogP contribution < -0.4 is 10.1 Å². The molecule has 5 rings (SSSR count). The second-order valence-corrected chi connectivity index (χ2v) is 9.53. The Bertz CT molecular complexity index is 1310. The van der Waals surface area contributed by atoms with E-state index < -0.39 is 17.8 Å². The number of hydrogen-bond acceptors (Lipinski definition) is 6. The van der Waals surface area contributed by atoms with Crippen molar-refractivity contribution in [1.82, 2.24) is 24.6 Å². The van der Waals surface area contributed by atoms with Gasteiger partial charge in [0.1, 0.15) is 23.7 Å². The normalized spacial score (nSPS) is 16.7. The lowest BCUT2D eigenvalue weighted by Gasteiger charge is -2.32. The molecule has 2 amide bonds. The lowest BCUT2D eigenvalue weighted by molar-refractivity contribution is -0.141. The topological polar surface area (TPSA) is 92.6 Å². The molecule has 1 N–H and O–H groups in total. The van der Waals surface area contributed by atoms with Crippen molar-refractivity contribution in [3.05, 3.63) is 47.9 Å². The lowest BCUT2D eigenvalue weighted by atomic mass is 10.2. The molecule has 0 atom stereocenters. The summed E-state index contributed by atoms with van der Waals surface area (Å²) in [6, 6.07) is 6.48. The maximum absolute atomic E-state index is 13.1. The maximum atomic E-state index is 13.1. The molecule has 37 heavy (non-hydrogen) atoms. The van der Waals surface area contributed by atoms with E-state index in [1.807, 2.05) is 11.9 Å². The summed E-state index contributed by atoms with van der Waals surface area (Å²) in [6.07, 6.45) is -0.849. The number of carbonyl (C=O) groups excluding carboxylic acids is 2. The molecule has 1 saturated carbocycles. The average molecular weight is 517 g/mol. The van der Waals surface area contributed by atoms with Gasteiger partial charge in [0.2, 0.25) is 5.91 Å². The van der Waals surface area contributed by atoms with E-state index in [9.17, 15) is 22.8 Å². The van der Waals surface area contributed by atoms with Gasteiger partial charge >= 0.3 is 6.18 Å². The number of benzene rings is 1. The zero-order chi connectivity index (χ0) is 26.2. The van der Waals surface area contributed by atoms with E-state index in [4.69, 9.17) is 4.74 Å². The largest absolute Gasteiger partial charge is 0.491 e. The van der Waals surface area contributed by atoms with Crippen molar-refractivity contribution >= 4 is 28.4 Å². The highest BCUT2D eigenvalue weighted by Gasteiger charge is 2.33. The third kappa shape index (κ3) is 6.01. The Labute approximate surface area is 211 Å². The van der Waals surface area contributed by atoms with Crippen molar-refractivity contribution < 1.29 is 27.5 Å². The van der Waals surface area contributed by atoms with Gasteiger partial charge in [-0.25, -0.2) is 4.98 Å². The minimum absolute atomic E-state index is 0.0322. The first-order valence-electron chi connectivity index (χ1n) is 12.1. The number of likely N-dealkylation sites (N-methyl/N-ethyl adjacent to an activating group) is 1. The summed E-state index contributed by atoms with van der Waals surface area (Å²) in [5.41, 5.74) is -0.641. The Morgan fingerprint density at radius 2 is 1.89 bits per heavy atom. The van der Waals surface area contributed by atoms with E-state index in [1.165, 1.54) is 6.07 Å². The quantitative estimate of drug-likeness (QED) is 0.518. The molecule has 12 heteroatoms. The molecule has 1 saturated heterocycles. The molecule has 2 aromatic heterocycles. The monoisotopic (exact) mass is 516 g/mol. The smallest absolute Gasteiger partial charge is 0.433 e. The fourth-order valence-corrected chi connectivity index (χ4v) is 4.09. The Kier molecular flexibility index (Phi) is 6.76. The van der Waals surface area contributed by atoms with Crippen LogP contribution in [0.1, 0.15) is 29.0 Å². The van der Waals surface area contributed by atoms with Gasteiger partial charge in [-0.2, -0.15) is 18.3 Å². The number of piperazine rings is 1. The fourth-order valence-electron chi connectivity index (χ4n) is 4.09. The van der Waals surface area contributed by atoms with E-state index in [0.717, 1.165) is 38.1 Å². The lowest BCUT2D eigenvalue weighted by Crippen LogP contribution is -2.48. The Morgan fingerprint density at radius 3 is 2.59 bits per heavy atom. The molecule has 2 aliphatic rings. The number of carbonyl (C=O) groups is 2. The van der Waals surface area contributed by atoms with Gasteiger partial charge in [-0.3, -0.25) is 14.3 Å². The molecular formula is C25H27F3N6O3. The number of anilines is 1. The molecule has 0 unspecified atom stereocenters. The summed E-state index contributed by atoms with van der Waals surface area (Å²) in [5, 5.41) is 7.80. The number of nitrogens with one attached hydrogen (secondary N) is 1. The van der Waals surface area contributed by atoms with Crippen LogP contribution >= 0.6 is 0 Å². The van der Waals surface area contributed by atoms with Crippen LogP contribution in [0.25, 0.3) is 10.9 Å². The van der Waals surface area contributed by atoms with Crippen LogP contribution in [-0.2, 0) is 17.5 Å². The van der Waals surface area contributed by atoms with Gasteiger partial charge in [0.05, 0.1) is 17.8 Å². The number of hydrogen-bond donors (Lipinski definition) is 1. The summed E-state index contributed by atoms with van der Waals surface area (Å²) >= 11 is 0. The number of rotatable bonds is 7. The van der Waals surface area contributed by atoms with Crippen LogP contribution in [0.15, 0.2) is 36.5 Å². The molecule has 0 spiro atoms. The number of halogens is 3. The summed E-state index contributed by atoms with van der Waals surface area (Å²) in [5.74, 6) is -0.0341. The van der Waals surface area contributed by atoms with E-state index >= 15 is 0 Å². The van der Waals surface area contributed by atoms with Crippen LogP contribution in [0.2, 0.25) is 0 Å². The fraction of sp³-hybridized carbons (Fsp3) is 0.440. The van der Waals surface area contributed by atoms with Gasteiger partial charge in [0, 0.05) is 43.8 Å². The van der Waals surface area contributed by atoms with Crippen molar-refractivity contribution in [2.24, 2.45) is 5.92 Å². The van der Waals surface area contributed by atoms with Crippen LogP contribution in [-0.4, -0.2) is 76.2 Å². The molecule has 2 fully saturated rings. The number of pyridine rings is 1. The molecule has 3 aromatic rings. The van der Waals surface area contributed by atoms with Crippen LogP contribution in [0.4, 0.5) is 18.9 Å². The minimum atomic E-state index is -4.66. The minimum Gasteiger partial charge on any atom is -0.491 e. The van der Waals surface area contributed by atoms with E-state index in [2.05, 4.69) is 20.3 Å².